The highest BCUT2D eigenvalue weighted by Crippen LogP contribution is 1.93. The lowest BCUT2D eigenvalue weighted by atomic mass is 10.2. The third kappa shape index (κ3) is 74.0. The van der Waals surface area contributed by atoms with Crippen molar-refractivity contribution in [2.24, 2.45) is 0 Å². The summed E-state index contributed by atoms with van der Waals surface area (Å²) in [5.41, 5.74) is 0.264. The average molecular weight is 255 g/mol. The quantitative estimate of drug-likeness (QED) is 0.557. The molecule has 0 saturated carbocycles. The highest BCUT2D eigenvalue weighted by Gasteiger charge is 1.96. The first-order chi connectivity index (χ1) is 6.91. The molecular weight excluding hydrogens is 234 g/mol. The number of rotatable bonds is 2. The van der Waals surface area contributed by atoms with E-state index in [2.05, 4.69) is 6.58 Å². The number of carboxylic acid groups (broad SMARTS) is 1. The Morgan fingerprint density at radius 1 is 1.31 bits per heavy atom. The van der Waals surface area contributed by atoms with E-state index in [0.29, 0.717) is 12.7 Å². The van der Waals surface area contributed by atoms with Crippen LogP contribution in [0, 0.1) is 0 Å². The predicted molar refractivity (Wildman–Crippen MR) is 64.2 cm³/mol. The van der Waals surface area contributed by atoms with Crippen LogP contribution in [0.25, 0.3) is 0 Å². The summed E-state index contributed by atoms with van der Waals surface area (Å²) >= 11 is 0. The number of hydrogen-bond acceptors (Lipinski definition) is 4. The van der Waals surface area contributed by atoms with Crippen molar-refractivity contribution in [3.8, 4) is 0 Å². The third-order valence-electron chi connectivity index (χ3n) is 0.729. The van der Waals surface area contributed by atoms with Crippen molar-refractivity contribution < 1.29 is 22.9 Å². The standard InChI is InChI=1S/C5H8O2.C3H9N.CH4O3S/c1-3-4(2)5(6)7;1-4(2)3;1-5(2,3)4/h2-3H2,1H3,(H,6,7);1-3H3;1H3,(H,2,3,4). The van der Waals surface area contributed by atoms with Crippen LogP contribution in [0.1, 0.15) is 13.3 Å². The van der Waals surface area contributed by atoms with Crippen LogP contribution in [0.3, 0.4) is 0 Å². The van der Waals surface area contributed by atoms with Gasteiger partial charge < -0.3 is 10.0 Å². The molecule has 0 aromatic carbocycles. The second kappa shape index (κ2) is 10.6. The van der Waals surface area contributed by atoms with Crippen LogP contribution in [0.5, 0.6) is 0 Å². The molecule has 2 N–H and O–H groups in total. The van der Waals surface area contributed by atoms with Crippen LogP contribution in [0.2, 0.25) is 0 Å². The van der Waals surface area contributed by atoms with Gasteiger partial charge in [0.2, 0.25) is 0 Å². The van der Waals surface area contributed by atoms with E-state index < -0.39 is 16.1 Å². The van der Waals surface area contributed by atoms with Crippen molar-refractivity contribution in [1.29, 1.82) is 0 Å². The van der Waals surface area contributed by atoms with Gasteiger partial charge in [0.25, 0.3) is 10.1 Å². The van der Waals surface area contributed by atoms with E-state index in [0.717, 1.165) is 0 Å². The summed E-state index contributed by atoms with van der Waals surface area (Å²) in [4.78, 5) is 11.8. The lowest BCUT2D eigenvalue weighted by molar-refractivity contribution is -0.132. The number of aliphatic carboxylic acids is 1. The fourth-order valence-electron chi connectivity index (χ4n) is 0.151. The van der Waals surface area contributed by atoms with E-state index in [9.17, 15) is 13.2 Å². The molecule has 0 aliphatic heterocycles. The molecule has 0 spiro atoms. The summed E-state index contributed by atoms with van der Waals surface area (Å²) in [6.45, 7) is 5.03. The summed E-state index contributed by atoms with van der Waals surface area (Å²) in [5, 5.41) is 8.08. The van der Waals surface area contributed by atoms with Crippen LogP contribution < -0.4 is 0 Å². The highest BCUT2D eigenvalue weighted by atomic mass is 32.2. The molecule has 16 heavy (non-hydrogen) atoms. The Labute approximate surface area is 97.3 Å². The molecule has 0 unspecified atom stereocenters. The van der Waals surface area contributed by atoms with Gasteiger partial charge in [0.1, 0.15) is 0 Å². The van der Waals surface area contributed by atoms with E-state index in [4.69, 9.17) is 9.66 Å². The van der Waals surface area contributed by atoms with E-state index in [1.54, 1.807) is 6.92 Å². The number of carboxylic acids is 1. The van der Waals surface area contributed by atoms with Gasteiger partial charge in [-0.05, 0) is 27.6 Å². The van der Waals surface area contributed by atoms with Crippen LogP contribution in [0.4, 0.5) is 0 Å². The molecule has 0 radical (unpaired) electrons. The lowest BCUT2D eigenvalue weighted by Crippen LogP contribution is -1.99. The van der Waals surface area contributed by atoms with E-state index in [1.165, 1.54) is 0 Å². The minimum Gasteiger partial charge on any atom is -0.478 e. The number of carbonyl (C=O) groups is 1. The maximum atomic E-state index is 9.83. The predicted octanol–water partition coefficient (Wildman–Crippen LogP) is 0.719. The van der Waals surface area contributed by atoms with Gasteiger partial charge in [-0.3, -0.25) is 4.55 Å². The second-order valence-electron chi connectivity index (χ2n) is 3.34. The van der Waals surface area contributed by atoms with Crippen molar-refractivity contribution >= 4 is 16.1 Å². The Kier molecular flexibility index (Phi) is 13.6. The summed E-state index contributed by atoms with van der Waals surface area (Å²) in [5.74, 6) is -0.900. The molecule has 7 heteroatoms. The first kappa shape index (κ1) is 20.5. The normalized spacial score (nSPS) is 9.44. The fraction of sp³-hybridized carbons (Fsp3) is 0.667. The molecule has 98 valence electrons. The molecule has 0 rings (SSSR count). The topological polar surface area (TPSA) is 94.9 Å². The maximum Gasteiger partial charge on any atom is 0.330 e. The molecule has 0 aromatic heterocycles. The van der Waals surface area contributed by atoms with Crippen molar-refractivity contribution in [3.05, 3.63) is 12.2 Å². The van der Waals surface area contributed by atoms with E-state index in [-0.39, 0.29) is 5.57 Å². The summed E-state index contributed by atoms with van der Waals surface area (Å²) in [6.07, 6.45) is 1.24. The van der Waals surface area contributed by atoms with Crippen molar-refractivity contribution in [3.63, 3.8) is 0 Å². The number of hydrogen-bond donors (Lipinski definition) is 2. The number of nitrogens with zero attached hydrogens (tertiary/aromatic N) is 1. The Morgan fingerprint density at radius 2 is 1.50 bits per heavy atom. The van der Waals surface area contributed by atoms with Crippen molar-refractivity contribution in [1.82, 2.24) is 4.90 Å². The van der Waals surface area contributed by atoms with E-state index in [1.807, 2.05) is 26.0 Å². The smallest absolute Gasteiger partial charge is 0.330 e. The zero-order valence-corrected chi connectivity index (χ0v) is 11.2. The maximum absolute atomic E-state index is 9.83. The molecule has 0 bridgehead atoms. The molecule has 0 fully saturated rings. The Morgan fingerprint density at radius 3 is 1.50 bits per heavy atom. The van der Waals surface area contributed by atoms with Gasteiger partial charge in [-0.1, -0.05) is 13.5 Å². The van der Waals surface area contributed by atoms with Gasteiger partial charge >= 0.3 is 5.97 Å². The molecule has 0 amide bonds. The monoisotopic (exact) mass is 255 g/mol. The Balaban J connectivity index is -0.000000166. The highest BCUT2D eigenvalue weighted by molar-refractivity contribution is 7.85. The Bertz CT molecular complexity index is 284. The minimum absolute atomic E-state index is 0.264. The molecule has 0 aromatic rings. The van der Waals surface area contributed by atoms with Gasteiger partial charge in [-0.2, -0.15) is 8.42 Å². The first-order valence-electron chi connectivity index (χ1n) is 4.36. The van der Waals surface area contributed by atoms with Crippen LogP contribution in [-0.4, -0.2) is 56.3 Å². The Hall–Kier alpha value is -0.920. The molecule has 0 aliphatic carbocycles. The fourth-order valence-corrected chi connectivity index (χ4v) is 0.151. The summed E-state index contributed by atoms with van der Waals surface area (Å²) in [7, 11) is 2.33. The van der Waals surface area contributed by atoms with Crippen LogP contribution in [-0.2, 0) is 14.9 Å². The summed E-state index contributed by atoms with van der Waals surface area (Å²) in [6, 6.07) is 0. The van der Waals surface area contributed by atoms with Gasteiger partial charge in [0, 0.05) is 5.57 Å². The van der Waals surface area contributed by atoms with E-state index >= 15 is 0 Å². The third-order valence-corrected chi connectivity index (χ3v) is 0.729. The molecule has 0 heterocycles. The lowest BCUT2D eigenvalue weighted by Gasteiger charge is -1.90. The van der Waals surface area contributed by atoms with Crippen LogP contribution in [0.15, 0.2) is 12.2 Å². The molecule has 6 nitrogen and oxygen atoms in total. The van der Waals surface area contributed by atoms with Crippen molar-refractivity contribution in [2.75, 3.05) is 27.4 Å². The van der Waals surface area contributed by atoms with Gasteiger partial charge in [0.05, 0.1) is 6.26 Å². The average Bonchev–Trinajstić information content (AvgIpc) is 1.98. The molecular formula is C9H21NO5S. The molecule has 0 saturated heterocycles. The SMILES string of the molecule is C=C(CC)C(=O)O.CN(C)C.CS(=O)(=O)O. The zero-order chi connectivity index (χ0) is 13.9. The summed E-state index contributed by atoms with van der Waals surface area (Å²) < 4.78 is 25.9. The largest absolute Gasteiger partial charge is 0.478 e. The van der Waals surface area contributed by atoms with Gasteiger partial charge in [-0.25, -0.2) is 4.79 Å². The minimum atomic E-state index is -3.67. The molecule has 0 aliphatic rings. The second-order valence-corrected chi connectivity index (χ2v) is 4.80. The molecule has 0 atom stereocenters. The van der Waals surface area contributed by atoms with Gasteiger partial charge in [-0.15, -0.1) is 0 Å². The van der Waals surface area contributed by atoms with Crippen LogP contribution >= 0.6 is 0 Å². The zero-order valence-electron chi connectivity index (χ0n) is 10.4. The van der Waals surface area contributed by atoms with Crippen molar-refractivity contribution in [2.45, 2.75) is 13.3 Å². The van der Waals surface area contributed by atoms with Gasteiger partial charge in [0.15, 0.2) is 0 Å². The first-order valence-corrected chi connectivity index (χ1v) is 6.21.